The second kappa shape index (κ2) is 15.3. The molecule has 43 heavy (non-hydrogen) atoms. The molecule has 220 valence electrons. The van der Waals surface area contributed by atoms with Crippen LogP contribution in [0.1, 0.15) is 29.3 Å². The van der Waals surface area contributed by atoms with Gasteiger partial charge in [0.05, 0.1) is 12.4 Å². The Balaban J connectivity index is 1.51. The lowest BCUT2D eigenvalue weighted by Crippen LogP contribution is -2.30. The molecule has 0 bridgehead atoms. The van der Waals surface area contributed by atoms with Crippen LogP contribution in [0.3, 0.4) is 0 Å². The highest BCUT2D eigenvalue weighted by Crippen LogP contribution is 2.30. The summed E-state index contributed by atoms with van der Waals surface area (Å²) in [6.07, 6.45) is 2.14. The molecule has 0 fully saturated rings. The largest absolute Gasteiger partial charge is 0.497 e. The summed E-state index contributed by atoms with van der Waals surface area (Å²) < 4.78 is 5.30. The van der Waals surface area contributed by atoms with E-state index < -0.39 is 17.1 Å². The number of anilines is 2. The minimum Gasteiger partial charge on any atom is -0.497 e. The van der Waals surface area contributed by atoms with Crippen LogP contribution in [0, 0.1) is 0 Å². The number of rotatable bonds is 11. The Morgan fingerprint density at radius 1 is 0.837 bits per heavy atom. The zero-order valence-electron chi connectivity index (χ0n) is 23.4. The molecule has 0 saturated heterocycles. The Labute approximate surface area is 264 Å². The minimum atomic E-state index is -0.517. The van der Waals surface area contributed by atoms with E-state index >= 15 is 0 Å². The average Bonchev–Trinajstić information content (AvgIpc) is 2.99. The first-order valence-corrected chi connectivity index (χ1v) is 14.9. The molecular weight excluding hydrogens is 605 g/mol. The van der Waals surface area contributed by atoms with E-state index in [1.165, 1.54) is 11.8 Å². The fraction of sp³-hybridized carbons (Fsp3) is 0.121. The van der Waals surface area contributed by atoms with Gasteiger partial charge in [-0.3, -0.25) is 14.4 Å². The predicted molar refractivity (Wildman–Crippen MR) is 175 cm³/mol. The van der Waals surface area contributed by atoms with E-state index in [2.05, 4.69) is 16.0 Å². The van der Waals surface area contributed by atoms with Crippen molar-refractivity contribution in [1.82, 2.24) is 5.32 Å². The highest BCUT2D eigenvalue weighted by molar-refractivity contribution is 8.00. The van der Waals surface area contributed by atoms with Crippen LogP contribution >= 0.6 is 35.0 Å². The molecule has 0 aromatic heterocycles. The summed E-state index contributed by atoms with van der Waals surface area (Å²) in [4.78, 5) is 40.2. The number of hydrogen-bond acceptors (Lipinski definition) is 5. The zero-order chi connectivity index (χ0) is 30.8. The van der Waals surface area contributed by atoms with E-state index in [4.69, 9.17) is 27.9 Å². The molecule has 0 aliphatic heterocycles. The van der Waals surface area contributed by atoms with Crippen molar-refractivity contribution < 1.29 is 19.1 Å². The lowest BCUT2D eigenvalue weighted by molar-refractivity contribution is -0.116. The maximum Gasteiger partial charge on any atom is 0.272 e. The number of carbonyl (C=O) groups excluding carboxylic acids is 3. The Bertz CT molecular complexity index is 1630. The molecule has 0 spiro atoms. The van der Waals surface area contributed by atoms with E-state index in [1.807, 2.05) is 13.0 Å². The van der Waals surface area contributed by atoms with Gasteiger partial charge < -0.3 is 20.7 Å². The molecule has 7 nitrogen and oxygen atoms in total. The van der Waals surface area contributed by atoms with Gasteiger partial charge in [0.1, 0.15) is 11.4 Å². The number of ether oxygens (including phenoxy) is 1. The lowest BCUT2D eigenvalue weighted by atomic mass is 10.1. The van der Waals surface area contributed by atoms with E-state index in [-0.39, 0.29) is 11.6 Å². The molecule has 0 saturated carbocycles. The van der Waals surface area contributed by atoms with Crippen LogP contribution in [0.15, 0.2) is 108 Å². The van der Waals surface area contributed by atoms with Crippen molar-refractivity contribution in [1.29, 1.82) is 0 Å². The minimum absolute atomic E-state index is 0.0474. The molecule has 4 aromatic rings. The Morgan fingerprint density at radius 3 is 2.26 bits per heavy atom. The number of carbonyl (C=O) groups is 3. The fourth-order valence-corrected chi connectivity index (χ4v) is 5.56. The van der Waals surface area contributed by atoms with Crippen LogP contribution in [0.25, 0.3) is 6.08 Å². The van der Waals surface area contributed by atoms with E-state index in [0.717, 1.165) is 4.90 Å². The maximum absolute atomic E-state index is 13.5. The molecule has 0 aliphatic carbocycles. The molecular formula is C33H29Cl2N3O4S. The molecule has 0 heterocycles. The molecule has 3 N–H and O–H groups in total. The summed E-state index contributed by atoms with van der Waals surface area (Å²) in [6, 6.07) is 27.8. The number of nitrogens with one attached hydrogen (secondary N) is 3. The SMILES string of the molecule is CCC(Sc1cccc(NC(=O)/C(=C/c2cccc(OC)c2)NC(=O)c2ccccc2)c1)C(=O)Nc1cc(Cl)cc(Cl)c1. The summed E-state index contributed by atoms with van der Waals surface area (Å²) in [5, 5.41) is 8.89. The van der Waals surface area contributed by atoms with E-state index in [9.17, 15) is 14.4 Å². The van der Waals surface area contributed by atoms with Crippen LogP contribution in [0.5, 0.6) is 5.75 Å². The van der Waals surface area contributed by atoms with Crippen LogP contribution < -0.4 is 20.7 Å². The number of benzene rings is 4. The predicted octanol–water partition coefficient (Wildman–Crippen LogP) is 7.92. The van der Waals surface area contributed by atoms with Crippen molar-refractivity contribution >= 4 is 70.1 Å². The second-order valence-corrected chi connectivity index (χ2v) is 11.4. The van der Waals surface area contributed by atoms with Crippen LogP contribution in [-0.2, 0) is 9.59 Å². The zero-order valence-corrected chi connectivity index (χ0v) is 25.7. The fourth-order valence-electron chi connectivity index (χ4n) is 4.02. The quantitative estimate of drug-likeness (QED) is 0.115. The normalized spacial score (nSPS) is 11.8. The highest BCUT2D eigenvalue weighted by atomic mass is 35.5. The van der Waals surface area contributed by atoms with Gasteiger partial charge in [-0.25, -0.2) is 0 Å². The van der Waals surface area contributed by atoms with Gasteiger partial charge in [-0.1, -0.05) is 66.5 Å². The standard InChI is InChI=1S/C33H29Cl2N3O4S/c1-3-30(33(41)37-26-18-23(34)17-24(35)19-26)43-28-14-8-12-25(20-28)36-32(40)29(16-21-9-7-13-27(15-21)42-2)38-31(39)22-10-5-4-6-11-22/h4-20,30H,3H2,1-2H3,(H,36,40)(H,37,41)(H,38,39)/b29-16-. The number of methoxy groups -OCH3 is 1. The van der Waals surface area contributed by atoms with Gasteiger partial charge in [0.25, 0.3) is 11.8 Å². The lowest BCUT2D eigenvalue weighted by Gasteiger charge is -2.16. The van der Waals surface area contributed by atoms with E-state index in [0.29, 0.717) is 44.7 Å². The molecule has 3 amide bonds. The summed E-state index contributed by atoms with van der Waals surface area (Å²) >= 11 is 13.5. The first-order valence-electron chi connectivity index (χ1n) is 13.3. The Hall–Kier alpha value is -4.24. The van der Waals surface area contributed by atoms with Gasteiger partial charge in [-0.2, -0.15) is 0 Å². The third-order valence-electron chi connectivity index (χ3n) is 6.10. The van der Waals surface area contributed by atoms with Crippen molar-refractivity contribution in [3.8, 4) is 5.75 Å². The van der Waals surface area contributed by atoms with Crippen molar-refractivity contribution in [2.24, 2.45) is 0 Å². The molecule has 4 rings (SSSR count). The monoisotopic (exact) mass is 633 g/mol. The Morgan fingerprint density at radius 2 is 1.56 bits per heavy atom. The summed E-state index contributed by atoms with van der Waals surface area (Å²) in [6.45, 7) is 1.92. The smallest absolute Gasteiger partial charge is 0.272 e. The summed E-state index contributed by atoms with van der Waals surface area (Å²) in [7, 11) is 1.55. The number of hydrogen-bond donors (Lipinski definition) is 3. The number of halogens is 2. The van der Waals surface area contributed by atoms with Gasteiger partial charge in [-0.05, 0) is 78.7 Å². The molecule has 1 unspecified atom stereocenters. The van der Waals surface area contributed by atoms with Gasteiger partial charge >= 0.3 is 0 Å². The highest BCUT2D eigenvalue weighted by Gasteiger charge is 2.20. The van der Waals surface area contributed by atoms with Crippen LogP contribution in [0.4, 0.5) is 11.4 Å². The first-order chi connectivity index (χ1) is 20.7. The molecule has 1 atom stereocenters. The van der Waals surface area contributed by atoms with Gasteiger partial charge in [0.2, 0.25) is 5.91 Å². The third kappa shape index (κ3) is 9.38. The van der Waals surface area contributed by atoms with Crippen molar-refractivity contribution in [3.63, 3.8) is 0 Å². The number of amides is 3. The van der Waals surface area contributed by atoms with Crippen LogP contribution in [0.2, 0.25) is 10.0 Å². The van der Waals surface area contributed by atoms with Crippen molar-refractivity contribution in [2.75, 3.05) is 17.7 Å². The van der Waals surface area contributed by atoms with Gasteiger partial charge in [0.15, 0.2) is 0 Å². The second-order valence-electron chi connectivity index (χ2n) is 9.30. The van der Waals surface area contributed by atoms with E-state index in [1.54, 1.807) is 104 Å². The topological polar surface area (TPSA) is 96.5 Å². The van der Waals surface area contributed by atoms with Crippen molar-refractivity contribution in [2.45, 2.75) is 23.5 Å². The van der Waals surface area contributed by atoms with Crippen molar-refractivity contribution in [3.05, 3.63) is 124 Å². The molecule has 0 radical (unpaired) electrons. The maximum atomic E-state index is 13.5. The third-order valence-corrected chi connectivity index (χ3v) is 7.89. The Kier molecular flexibility index (Phi) is 11.3. The number of thioether (sulfide) groups is 1. The summed E-state index contributed by atoms with van der Waals surface area (Å²) in [5.41, 5.74) is 2.13. The summed E-state index contributed by atoms with van der Waals surface area (Å²) in [5.74, 6) is -0.531. The molecule has 10 heteroatoms. The van der Waals surface area contributed by atoms with Gasteiger partial charge in [0, 0.05) is 31.9 Å². The average molecular weight is 635 g/mol. The van der Waals surface area contributed by atoms with Gasteiger partial charge in [-0.15, -0.1) is 11.8 Å². The molecule has 0 aliphatic rings. The van der Waals surface area contributed by atoms with Crippen LogP contribution in [-0.4, -0.2) is 30.1 Å². The molecule has 4 aromatic carbocycles. The first kappa shape index (κ1) is 31.7.